The van der Waals surface area contributed by atoms with Gasteiger partial charge in [-0.05, 0) is 13.0 Å². The fraction of sp³-hybridized carbons (Fsp3) is 0.727. The van der Waals surface area contributed by atoms with Gasteiger partial charge in [0.15, 0.2) is 9.84 Å². The highest BCUT2D eigenvalue weighted by molar-refractivity contribution is 7.92. The molecule has 0 amide bonds. The van der Waals surface area contributed by atoms with Gasteiger partial charge in [0, 0.05) is 18.8 Å². The third kappa shape index (κ3) is 4.50. The van der Waals surface area contributed by atoms with E-state index in [9.17, 15) is 16.8 Å². The van der Waals surface area contributed by atoms with Crippen molar-refractivity contribution >= 4 is 19.9 Å². The van der Waals surface area contributed by atoms with Crippen LogP contribution in [0.2, 0.25) is 0 Å². The minimum Gasteiger partial charge on any atom is -0.315 e. The molecule has 0 bridgehead atoms. The van der Waals surface area contributed by atoms with Gasteiger partial charge in [0.2, 0.25) is 10.0 Å². The molecule has 0 saturated carbocycles. The Bertz CT molecular complexity index is 681. The summed E-state index contributed by atoms with van der Waals surface area (Å²) in [6.45, 7) is 4.09. The quantitative estimate of drug-likeness (QED) is 0.615. The predicted molar refractivity (Wildman–Crippen MR) is 78.2 cm³/mol. The molecule has 2 rings (SSSR count). The normalized spacial score (nSPS) is 21.7. The van der Waals surface area contributed by atoms with E-state index in [1.165, 1.54) is 12.4 Å². The van der Waals surface area contributed by atoms with Crippen molar-refractivity contribution in [3.63, 3.8) is 0 Å². The minimum absolute atomic E-state index is 0.0299. The number of nitrogens with one attached hydrogen (secondary N) is 2. The van der Waals surface area contributed by atoms with E-state index in [0.717, 1.165) is 6.54 Å². The standard InChI is InChI=1S/C11H20N4O4S2/c1-2-12-4-5-15-8-11(7-13-15)21(18,19)14-10-3-6-20(16,17)9-10/h7-8,10,12,14H,2-6,9H2,1H3. The van der Waals surface area contributed by atoms with Crippen LogP contribution in [0.25, 0.3) is 0 Å². The summed E-state index contributed by atoms with van der Waals surface area (Å²) < 4.78 is 51.0. The van der Waals surface area contributed by atoms with Gasteiger partial charge in [-0.2, -0.15) is 5.10 Å². The van der Waals surface area contributed by atoms with Crippen LogP contribution in [0.3, 0.4) is 0 Å². The molecule has 1 saturated heterocycles. The Morgan fingerprint density at radius 2 is 2.24 bits per heavy atom. The van der Waals surface area contributed by atoms with Crippen molar-refractivity contribution in [2.45, 2.75) is 30.8 Å². The number of sulfonamides is 1. The highest BCUT2D eigenvalue weighted by atomic mass is 32.2. The first-order chi connectivity index (χ1) is 9.82. The third-order valence-electron chi connectivity index (χ3n) is 3.24. The number of sulfone groups is 1. The average Bonchev–Trinajstić information content (AvgIpc) is 2.97. The molecule has 1 unspecified atom stereocenters. The van der Waals surface area contributed by atoms with Crippen LogP contribution in [0.15, 0.2) is 17.3 Å². The maximum atomic E-state index is 12.2. The molecule has 2 heterocycles. The van der Waals surface area contributed by atoms with Crippen LogP contribution in [0.4, 0.5) is 0 Å². The number of hydrogen-bond acceptors (Lipinski definition) is 6. The van der Waals surface area contributed by atoms with Gasteiger partial charge in [-0.3, -0.25) is 4.68 Å². The van der Waals surface area contributed by atoms with Crippen molar-refractivity contribution in [3.8, 4) is 0 Å². The van der Waals surface area contributed by atoms with Gasteiger partial charge in [0.05, 0.1) is 24.2 Å². The zero-order chi connectivity index (χ0) is 15.5. The zero-order valence-corrected chi connectivity index (χ0v) is 13.5. The Morgan fingerprint density at radius 1 is 1.48 bits per heavy atom. The number of likely N-dealkylation sites (N-methyl/N-ethyl adjacent to an activating group) is 1. The molecule has 8 nitrogen and oxygen atoms in total. The van der Waals surface area contributed by atoms with E-state index in [2.05, 4.69) is 15.1 Å². The molecule has 10 heteroatoms. The minimum atomic E-state index is -3.72. The summed E-state index contributed by atoms with van der Waals surface area (Å²) in [6.07, 6.45) is 3.04. The van der Waals surface area contributed by atoms with Crippen molar-refractivity contribution in [2.75, 3.05) is 24.6 Å². The van der Waals surface area contributed by atoms with Crippen molar-refractivity contribution in [2.24, 2.45) is 0 Å². The first kappa shape index (κ1) is 16.4. The van der Waals surface area contributed by atoms with Gasteiger partial charge in [0.1, 0.15) is 4.90 Å². The van der Waals surface area contributed by atoms with Crippen molar-refractivity contribution in [1.82, 2.24) is 19.8 Å². The Kier molecular flexibility index (Phi) is 5.02. The van der Waals surface area contributed by atoms with Gasteiger partial charge < -0.3 is 5.32 Å². The van der Waals surface area contributed by atoms with E-state index in [4.69, 9.17) is 0 Å². The summed E-state index contributed by atoms with van der Waals surface area (Å²) in [5.74, 6) is -0.108. The molecular formula is C11H20N4O4S2. The van der Waals surface area contributed by atoms with E-state index in [0.29, 0.717) is 19.5 Å². The lowest BCUT2D eigenvalue weighted by molar-refractivity contribution is 0.557. The van der Waals surface area contributed by atoms with Gasteiger partial charge in [-0.15, -0.1) is 0 Å². The molecule has 0 aromatic carbocycles. The Labute approximate surface area is 124 Å². The molecule has 21 heavy (non-hydrogen) atoms. The lowest BCUT2D eigenvalue weighted by Gasteiger charge is -2.09. The maximum absolute atomic E-state index is 12.2. The fourth-order valence-electron chi connectivity index (χ4n) is 2.15. The summed E-state index contributed by atoms with van der Waals surface area (Å²) in [6, 6.07) is -0.551. The van der Waals surface area contributed by atoms with Crippen LogP contribution < -0.4 is 10.0 Å². The van der Waals surface area contributed by atoms with Crippen LogP contribution >= 0.6 is 0 Å². The monoisotopic (exact) mass is 336 g/mol. The molecule has 120 valence electrons. The van der Waals surface area contributed by atoms with Crippen molar-refractivity contribution in [1.29, 1.82) is 0 Å². The molecule has 0 radical (unpaired) electrons. The zero-order valence-electron chi connectivity index (χ0n) is 11.8. The molecular weight excluding hydrogens is 316 g/mol. The first-order valence-electron chi connectivity index (χ1n) is 6.78. The maximum Gasteiger partial charge on any atom is 0.243 e. The number of nitrogens with zero attached hydrogens (tertiary/aromatic N) is 2. The van der Waals surface area contributed by atoms with Gasteiger partial charge in [-0.25, -0.2) is 21.6 Å². The fourth-order valence-corrected chi connectivity index (χ4v) is 5.15. The molecule has 1 aromatic heterocycles. The molecule has 1 atom stereocenters. The van der Waals surface area contributed by atoms with Gasteiger partial charge >= 0.3 is 0 Å². The predicted octanol–water partition coefficient (Wildman–Crippen LogP) is -1.04. The van der Waals surface area contributed by atoms with E-state index in [1.54, 1.807) is 4.68 Å². The molecule has 0 spiro atoms. The summed E-state index contributed by atoms with van der Waals surface area (Å²) in [5, 5.41) is 7.12. The summed E-state index contributed by atoms with van der Waals surface area (Å²) >= 11 is 0. The van der Waals surface area contributed by atoms with Crippen LogP contribution in [0.5, 0.6) is 0 Å². The van der Waals surface area contributed by atoms with Crippen molar-refractivity contribution < 1.29 is 16.8 Å². The van der Waals surface area contributed by atoms with Crippen LogP contribution in [0.1, 0.15) is 13.3 Å². The Morgan fingerprint density at radius 3 is 2.86 bits per heavy atom. The van der Waals surface area contributed by atoms with Gasteiger partial charge in [-0.1, -0.05) is 6.92 Å². The van der Waals surface area contributed by atoms with Crippen LogP contribution in [-0.2, 0) is 26.4 Å². The van der Waals surface area contributed by atoms with E-state index in [1.807, 2.05) is 6.92 Å². The Hall–Kier alpha value is -0.970. The smallest absolute Gasteiger partial charge is 0.243 e. The van der Waals surface area contributed by atoms with E-state index in [-0.39, 0.29) is 16.4 Å². The second-order valence-corrected chi connectivity index (χ2v) is 8.96. The van der Waals surface area contributed by atoms with Gasteiger partial charge in [0.25, 0.3) is 0 Å². The molecule has 1 aliphatic heterocycles. The summed E-state index contributed by atoms with van der Waals surface area (Å²) in [4.78, 5) is 0.0586. The molecule has 1 fully saturated rings. The third-order valence-corrected chi connectivity index (χ3v) is 6.48. The first-order valence-corrected chi connectivity index (χ1v) is 10.1. The highest BCUT2D eigenvalue weighted by Crippen LogP contribution is 2.15. The van der Waals surface area contributed by atoms with E-state index < -0.39 is 25.9 Å². The number of hydrogen-bond donors (Lipinski definition) is 2. The van der Waals surface area contributed by atoms with Crippen molar-refractivity contribution in [3.05, 3.63) is 12.4 Å². The second kappa shape index (κ2) is 6.42. The van der Waals surface area contributed by atoms with Crippen LogP contribution in [-0.4, -0.2) is 57.3 Å². The highest BCUT2D eigenvalue weighted by Gasteiger charge is 2.31. The summed E-state index contributed by atoms with van der Waals surface area (Å²) in [7, 11) is -6.84. The average molecular weight is 336 g/mol. The SMILES string of the molecule is CCNCCn1cc(S(=O)(=O)NC2CCS(=O)(=O)C2)cn1. The number of aromatic nitrogens is 2. The Balaban J connectivity index is 1.99. The van der Waals surface area contributed by atoms with E-state index >= 15 is 0 Å². The molecule has 0 aliphatic carbocycles. The lowest BCUT2D eigenvalue weighted by atomic mass is 10.3. The topological polar surface area (TPSA) is 110 Å². The lowest BCUT2D eigenvalue weighted by Crippen LogP contribution is -2.35. The largest absolute Gasteiger partial charge is 0.315 e. The molecule has 1 aromatic rings. The summed E-state index contributed by atoms with van der Waals surface area (Å²) in [5.41, 5.74) is 0. The second-order valence-electron chi connectivity index (χ2n) is 5.01. The molecule has 2 N–H and O–H groups in total. The number of rotatable bonds is 7. The van der Waals surface area contributed by atoms with Crippen LogP contribution in [0, 0.1) is 0 Å². The molecule has 1 aliphatic rings.